The molecule has 20 heavy (non-hydrogen) atoms. The van der Waals surface area contributed by atoms with Crippen molar-refractivity contribution in [1.82, 2.24) is 4.90 Å². The van der Waals surface area contributed by atoms with Crippen molar-refractivity contribution in [3.8, 4) is 0 Å². The van der Waals surface area contributed by atoms with Gasteiger partial charge in [-0.05, 0) is 24.3 Å². The molecule has 0 N–H and O–H groups in total. The number of benzene rings is 1. The van der Waals surface area contributed by atoms with Crippen molar-refractivity contribution in [1.29, 1.82) is 0 Å². The third kappa shape index (κ3) is 4.55. The van der Waals surface area contributed by atoms with E-state index in [0.717, 1.165) is 11.5 Å². The Morgan fingerprint density at radius 2 is 2.00 bits per heavy atom. The molecule has 2 radical (unpaired) electrons. The zero-order valence-corrected chi connectivity index (χ0v) is 12.4. The summed E-state index contributed by atoms with van der Waals surface area (Å²) in [5.41, 5.74) is 1.13. The minimum atomic E-state index is -0.831. The van der Waals surface area contributed by atoms with Gasteiger partial charge in [-0.2, -0.15) is 0 Å². The molecule has 0 saturated heterocycles. The number of hydrogen-bond acceptors (Lipinski definition) is 1. The molecule has 0 spiro atoms. The summed E-state index contributed by atoms with van der Waals surface area (Å²) in [6.45, 7) is 4.76. The average Bonchev–Trinajstić information content (AvgIpc) is 3.21. The van der Waals surface area contributed by atoms with Crippen LogP contribution in [0, 0.1) is 5.92 Å². The van der Waals surface area contributed by atoms with Crippen molar-refractivity contribution in [2.75, 3.05) is 6.54 Å². The highest BCUT2D eigenvalue weighted by molar-refractivity contribution is 6.27. The summed E-state index contributed by atoms with van der Waals surface area (Å²) in [5.74, 6) is 0.719. The first kappa shape index (κ1) is 14.9. The topological polar surface area (TPSA) is 20.3 Å². The maximum absolute atomic E-state index is 12.4. The number of allylic oxidation sites excluding steroid dienone is 1. The monoisotopic (exact) mass is 267 g/mol. The Labute approximate surface area is 123 Å². The van der Waals surface area contributed by atoms with E-state index in [0.29, 0.717) is 13.1 Å². The summed E-state index contributed by atoms with van der Waals surface area (Å²) in [7, 11) is 5.96. The fourth-order valence-corrected chi connectivity index (χ4v) is 2.10. The summed E-state index contributed by atoms with van der Waals surface area (Å²) in [4.78, 5) is 14.3. The first-order valence-corrected chi connectivity index (χ1v) is 7.25. The lowest BCUT2D eigenvalue weighted by molar-refractivity contribution is -0.133. The van der Waals surface area contributed by atoms with Gasteiger partial charge >= 0.3 is 0 Å². The minimum Gasteiger partial charge on any atom is -0.335 e. The van der Waals surface area contributed by atoms with Crippen LogP contribution in [0.2, 0.25) is 5.31 Å². The second-order valence-corrected chi connectivity index (χ2v) is 6.16. The zero-order valence-electron chi connectivity index (χ0n) is 12.4. The molecule has 2 rings (SSSR count). The van der Waals surface area contributed by atoms with Gasteiger partial charge in [0.2, 0.25) is 5.91 Å². The van der Waals surface area contributed by atoms with Crippen molar-refractivity contribution in [3.05, 3.63) is 48.0 Å². The normalized spacial score (nSPS) is 15.5. The van der Waals surface area contributed by atoms with Crippen molar-refractivity contribution in [2.24, 2.45) is 5.92 Å². The molecule has 1 saturated carbocycles. The van der Waals surface area contributed by atoms with Crippen LogP contribution in [0.25, 0.3) is 0 Å². The third-order valence-electron chi connectivity index (χ3n) is 3.41. The standard InChI is InChI=1S/C17H22BNO/c1-17(2,18)16(20)19(12-6-9-14-10-11-14)13-15-7-4-3-5-8-15/h3-9,14H,10-13H2,1-2H3/b9-6-. The largest absolute Gasteiger partial charge is 0.335 e. The Morgan fingerprint density at radius 1 is 1.35 bits per heavy atom. The molecule has 0 unspecified atom stereocenters. The fourth-order valence-electron chi connectivity index (χ4n) is 2.10. The van der Waals surface area contributed by atoms with Gasteiger partial charge in [0.25, 0.3) is 0 Å². The van der Waals surface area contributed by atoms with E-state index in [9.17, 15) is 4.79 Å². The van der Waals surface area contributed by atoms with Crippen LogP contribution in [0.5, 0.6) is 0 Å². The van der Waals surface area contributed by atoms with E-state index < -0.39 is 5.31 Å². The SMILES string of the molecule is [B]C(C)(C)C(=O)N(C/C=C\C1CC1)Cc1ccccc1. The number of nitrogens with zero attached hydrogens (tertiary/aromatic N) is 1. The van der Waals surface area contributed by atoms with E-state index in [2.05, 4.69) is 12.2 Å². The van der Waals surface area contributed by atoms with Crippen molar-refractivity contribution >= 4 is 13.8 Å². The van der Waals surface area contributed by atoms with Gasteiger partial charge in [-0.15, -0.1) is 0 Å². The van der Waals surface area contributed by atoms with Gasteiger partial charge < -0.3 is 4.90 Å². The third-order valence-corrected chi connectivity index (χ3v) is 3.41. The van der Waals surface area contributed by atoms with Crippen LogP contribution in [0.15, 0.2) is 42.5 Å². The van der Waals surface area contributed by atoms with Gasteiger partial charge in [0.05, 0.1) is 7.85 Å². The Morgan fingerprint density at radius 3 is 2.55 bits per heavy atom. The first-order valence-electron chi connectivity index (χ1n) is 7.25. The summed E-state index contributed by atoms with van der Waals surface area (Å²) < 4.78 is 0. The molecule has 1 aliphatic carbocycles. The lowest BCUT2D eigenvalue weighted by Gasteiger charge is -2.29. The molecule has 0 heterocycles. The van der Waals surface area contributed by atoms with Gasteiger partial charge in [-0.3, -0.25) is 4.79 Å². The molecule has 0 aliphatic heterocycles. The summed E-state index contributed by atoms with van der Waals surface area (Å²) in [6.07, 6.45) is 6.88. The second-order valence-electron chi connectivity index (χ2n) is 6.16. The highest BCUT2D eigenvalue weighted by atomic mass is 16.2. The predicted octanol–water partition coefficient (Wildman–Crippen LogP) is 3.35. The number of hydrogen-bond donors (Lipinski definition) is 0. The van der Waals surface area contributed by atoms with Gasteiger partial charge in [0.1, 0.15) is 0 Å². The molecule has 1 fully saturated rings. The van der Waals surface area contributed by atoms with Crippen molar-refractivity contribution in [2.45, 2.75) is 38.5 Å². The van der Waals surface area contributed by atoms with Crippen LogP contribution in [-0.4, -0.2) is 25.2 Å². The molecular weight excluding hydrogens is 245 g/mol. The summed E-state index contributed by atoms with van der Waals surface area (Å²) in [5, 5.41) is -0.831. The molecule has 1 aromatic carbocycles. The van der Waals surface area contributed by atoms with E-state index in [1.165, 1.54) is 12.8 Å². The highest BCUT2D eigenvalue weighted by Crippen LogP contribution is 2.30. The lowest BCUT2D eigenvalue weighted by Crippen LogP contribution is -2.37. The number of carbonyl (C=O) groups is 1. The molecular formula is C17H22BNO. The molecule has 1 aromatic rings. The molecule has 0 aromatic heterocycles. The molecule has 0 atom stereocenters. The van der Waals surface area contributed by atoms with Crippen LogP contribution in [0.3, 0.4) is 0 Å². The van der Waals surface area contributed by atoms with Gasteiger partial charge in [0, 0.05) is 18.4 Å². The Bertz CT molecular complexity index is 472. The molecule has 104 valence electrons. The summed E-state index contributed by atoms with van der Waals surface area (Å²) >= 11 is 0. The van der Waals surface area contributed by atoms with Crippen LogP contribution in [0.4, 0.5) is 0 Å². The quantitative estimate of drug-likeness (QED) is 0.571. The molecule has 1 aliphatic rings. The molecule has 1 amide bonds. The van der Waals surface area contributed by atoms with Crippen molar-refractivity contribution < 1.29 is 4.79 Å². The zero-order chi connectivity index (χ0) is 14.6. The van der Waals surface area contributed by atoms with Gasteiger partial charge in [-0.25, -0.2) is 0 Å². The number of rotatable bonds is 6. The maximum Gasteiger partial charge on any atom is 0.219 e. The Kier molecular flexibility index (Phi) is 4.69. The lowest BCUT2D eigenvalue weighted by atomic mass is 9.71. The molecule has 3 heteroatoms. The van der Waals surface area contributed by atoms with E-state index in [-0.39, 0.29) is 5.91 Å². The van der Waals surface area contributed by atoms with Crippen LogP contribution < -0.4 is 0 Å². The highest BCUT2D eigenvalue weighted by Gasteiger charge is 2.26. The molecule has 0 bridgehead atoms. The van der Waals surface area contributed by atoms with E-state index in [1.807, 2.05) is 35.2 Å². The maximum atomic E-state index is 12.4. The van der Waals surface area contributed by atoms with Crippen molar-refractivity contribution in [3.63, 3.8) is 0 Å². The van der Waals surface area contributed by atoms with Crippen LogP contribution >= 0.6 is 0 Å². The Balaban J connectivity index is 2.04. The van der Waals surface area contributed by atoms with E-state index in [1.54, 1.807) is 13.8 Å². The van der Waals surface area contributed by atoms with Gasteiger partial charge in [0.15, 0.2) is 0 Å². The average molecular weight is 267 g/mol. The fraction of sp³-hybridized carbons (Fsp3) is 0.471. The van der Waals surface area contributed by atoms with Gasteiger partial charge in [-0.1, -0.05) is 56.3 Å². The van der Waals surface area contributed by atoms with Crippen LogP contribution in [-0.2, 0) is 11.3 Å². The minimum absolute atomic E-state index is 0.0122. The van der Waals surface area contributed by atoms with E-state index in [4.69, 9.17) is 7.85 Å². The Hall–Kier alpha value is -1.51. The number of carbonyl (C=O) groups excluding carboxylic acids is 1. The summed E-state index contributed by atoms with van der Waals surface area (Å²) in [6, 6.07) is 10.0. The smallest absolute Gasteiger partial charge is 0.219 e. The van der Waals surface area contributed by atoms with Crippen LogP contribution in [0.1, 0.15) is 32.3 Å². The first-order chi connectivity index (χ1) is 9.47. The van der Waals surface area contributed by atoms with E-state index >= 15 is 0 Å². The predicted molar refractivity (Wildman–Crippen MR) is 83.5 cm³/mol. The number of amides is 1. The second kappa shape index (κ2) is 6.30. The molecule has 2 nitrogen and oxygen atoms in total.